The molecule has 3 nitrogen and oxygen atoms in total. The molecule has 0 unspecified atom stereocenters. The maximum absolute atomic E-state index is 11.5. The molecule has 0 aliphatic rings. The van der Waals surface area contributed by atoms with Crippen LogP contribution in [0.15, 0.2) is 18.2 Å². The van der Waals surface area contributed by atoms with Crippen molar-refractivity contribution in [3.8, 4) is 0 Å². The van der Waals surface area contributed by atoms with Crippen molar-refractivity contribution in [2.75, 3.05) is 5.73 Å². The van der Waals surface area contributed by atoms with Crippen molar-refractivity contribution in [2.24, 2.45) is 0 Å². The standard InChI is InChI=1S/C15H21NO2/c1-10-8-12(9-11(2)14(10)16)6-7-13(17)18-15(3,4)5/h6-9H,16H2,1-5H3/b7-6+. The van der Waals surface area contributed by atoms with Gasteiger partial charge < -0.3 is 10.5 Å². The van der Waals surface area contributed by atoms with Gasteiger partial charge in [-0.2, -0.15) is 0 Å². The molecule has 18 heavy (non-hydrogen) atoms. The molecule has 0 amide bonds. The molecule has 0 aromatic heterocycles. The van der Waals surface area contributed by atoms with E-state index in [4.69, 9.17) is 10.5 Å². The summed E-state index contributed by atoms with van der Waals surface area (Å²) in [6.45, 7) is 9.43. The number of nitrogen functional groups attached to an aromatic ring is 1. The zero-order valence-corrected chi connectivity index (χ0v) is 11.7. The second kappa shape index (κ2) is 5.25. The highest BCUT2D eigenvalue weighted by Gasteiger charge is 2.13. The van der Waals surface area contributed by atoms with E-state index >= 15 is 0 Å². The lowest BCUT2D eigenvalue weighted by molar-refractivity contribution is -0.148. The smallest absolute Gasteiger partial charge is 0.331 e. The first-order valence-electron chi connectivity index (χ1n) is 5.97. The summed E-state index contributed by atoms with van der Waals surface area (Å²) in [6.07, 6.45) is 3.18. The Hall–Kier alpha value is -1.77. The topological polar surface area (TPSA) is 52.3 Å². The summed E-state index contributed by atoms with van der Waals surface area (Å²) in [5.41, 5.74) is 9.18. The Bertz CT molecular complexity index is 459. The van der Waals surface area contributed by atoms with Gasteiger partial charge in [-0.15, -0.1) is 0 Å². The molecule has 0 aliphatic carbocycles. The fourth-order valence-corrected chi connectivity index (χ4v) is 1.60. The Balaban J connectivity index is 2.82. The number of ether oxygens (including phenoxy) is 1. The van der Waals surface area contributed by atoms with E-state index in [0.717, 1.165) is 22.4 Å². The lowest BCUT2D eigenvalue weighted by Crippen LogP contribution is -2.22. The molecule has 1 aromatic carbocycles. The van der Waals surface area contributed by atoms with Gasteiger partial charge in [0.25, 0.3) is 0 Å². The van der Waals surface area contributed by atoms with Gasteiger partial charge >= 0.3 is 5.97 Å². The van der Waals surface area contributed by atoms with E-state index in [2.05, 4.69) is 0 Å². The summed E-state index contributed by atoms with van der Waals surface area (Å²) in [6, 6.07) is 3.90. The molecule has 0 atom stereocenters. The van der Waals surface area contributed by atoms with Crippen LogP contribution in [-0.2, 0) is 9.53 Å². The molecule has 0 saturated heterocycles. The third-order valence-corrected chi connectivity index (χ3v) is 2.43. The summed E-state index contributed by atoms with van der Waals surface area (Å²) in [5.74, 6) is -0.338. The van der Waals surface area contributed by atoms with E-state index in [1.807, 2.05) is 46.8 Å². The molecule has 2 N–H and O–H groups in total. The van der Waals surface area contributed by atoms with Crippen LogP contribution in [-0.4, -0.2) is 11.6 Å². The Morgan fingerprint density at radius 2 is 1.72 bits per heavy atom. The number of benzene rings is 1. The van der Waals surface area contributed by atoms with Crippen LogP contribution in [0, 0.1) is 13.8 Å². The zero-order chi connectivity index (χ0) is 13.9. The summed E-state index contributed by atoms with van der Waals surface area (Å²) >= 11 is 0. The highest BCUT2D eigenvalue weighted by atomic mass is 16.6. The molecule has 1 rings (SSSR count). The summed E-state index contributed by atoms with van der Waals surface area (Å²) in [4.78, 5) is 11.5. The first-order valence-corrected chi connectivity index (χ1v) is 5.97. The minimum absolute atomic E-state index is 0.338. The van der Waals surface area contributed by atoms with Gasteiger partial charge in [-0.1, -0.05) is 0 Å². The van der Waals surface area contributed by atoms with Crippen LogP contribution in [0.2, 0.25) is 0 Å². The van der Waals surface area contributed by atoms with Gasteiger partial charge in [0.1, 0.15) is 5.60 Å². The fraction of sp³-hybridized carbons (Fsp3) is 0.400. The fourth-order valence-electron chi connectivity index (χ4n) is 1.60. The van der Waals surface area contributed by atoms with Crippen molar-refractivity contribution in [2.45, 2.75) is 40.2 Å². The van der Waals surface area contributed by atoms with Gasteiger partial charge in [0, 0.05) is 11.8 Å². The van der Waals surface area contributed by atoms with Crippen molar-refractivity contribution in [3.05, 3.63) is 34.9 Å². The molecular formula is C15H21NO2. The molecule has 0 aliphatic heterocycles. The number of carbonyl (C=O) groups excluding carboxylic acids is 1. The third kappa shape index (κ3) is 4.24. The van der Waals surface area contributed by atoms with Crippen molar-refractivity contribution < 1.29 is 9.53 Å². The van der Waals surface area contributed by atoms with Gasteiger partial charge in [-0.05, 0) is 69.5 Å². The summed E-state index contributed by atoms with van der Waals surface area (Å²) in [5, 5.41) is 0. The van der Waals surface area contributed by atoms with E-state index in [0.29, 0.717) is 0 Å². The van der Waals surface area contributed by atoms with Gasteiger partial charge in [0.05, 0.1) is 0 Å². The number of aryl methyl sites for hydroxylation is 2. The maximum atomic E-state index is 11.5. The Labute approximate surface area is 109 Å². The van der Waals surface area contributed by atoms with Crippen LogP contribution >= 0.6 is 0 Å². The monoisotopic (exact) mass is 247 g/mol. The number of hydrogen-bond acceptors (Lipinski definition) is 3. The first-order chi connectivity index (χ1) is 8.19. The van der Waals surface area contributed by atoms with Crippen molar-refractivity contribution >= 4 is 17.7 Å². The number of nitrogens with two attached hydrogens (primary N) is 1. The maximum Gasteiger partial charge on any atom is 0.331 e. The number of hydrogen-bond donors (Lipinski definition) is 1. The largest absolute Gasteiger partial charge is 0.457 e. The normalized spacial score (nSPS) is 11.8. The van der Waals surface area contributed by atoms with Crippen LogP contribution in [0.1, 0.15) is 37.5 Å². The Kier molecular flexibility index (Phi) is 4.17. The lowest BCUT2D eigenvalue weighted by atomic mass is 10.0. The first kappa shape index (κ1) is 14.3. The molecule has 0 heterocycles. The molecule has 0 spiro atoms. The van der Waals surface area contributed by atoms with Crippen LogP contribution in [0.25, 0.3) is 6.08 Å². The van der Waals surface area contributed by atoms with Crippen LogP contribution in [0.5, 0.6) is 0 Å². The number of anilines is 1. The highest BCUT2D eigenvalue weighted by Crippen LogP contribution is 2.19. The predicted octanol–water partition coefficient (Wildman–Crippen LogP) is 3.24. The van der Waals surface area contributed by atoms with E-state index in [9.17, 15) is 4.79 Å². The second-order valence-corrected chi connectivity index (χ2v) is 5.44. The molecular weight excluding hydrogens is 226 g/mol. The average Bonchev–Trinajstić information content (AvgIpc) is 2.20. The average molecular weight is 247 g/mol. The van der Waals surface area contributed by atoms with Crippen molar-refractivity contribution in [3.63, 3.8) is 0 Å². The molecule has 0 radical (unpaired) electrons. The van der Waals surface area contributed by atoms with E-state index in [1.54, 1.807) is 6.08 Å². The third-order valence-electron chi connectivity index (χ3n) is 2.43. The Morgan fingerprint density at radius 3 is 2.17 bits per heavy atom. The van der Waals surface area contributed by atoms with E-state index < -0.39 is 5.60 Å². The van der Waals surface area contributed by atoms with Crippen LogP contribution in [0.4, 0.5) is 5.69 Å². The molecule has 3 heteroatoms. The molecule has 1 aromatic rings. The Morgan fingerprint density at radius 1 is 1.22 bits per heavy atom. The predicted molar refractivity (Wildman–Crippen MR) is 75.2 cm³/mol. The molecule has 0 bridgehead atoms. The molecule has 0 saturated carbocycles. The molecule has 0 fully saturated rings. The van der Waals surface area contributed by atoms with Gasteiger partial charge in [0.2, 0.25) is 0 Å². The van der Waals surface area contributed by atoms with E-state index in [-0.39, 0.29) is 5.97 Å². The SMILES string of the molecule is Cc1cc(/C=C/C(=O)OC(C)(C)C)cc(C)c1N. The molecule has 98 valence electrons. The van der Waals surface area contributed by atoms with Gasteiger partial charge in [-0.25, -0.2) is 4.79 Å². The van der Waals surface area contributed by atoms with Crippen molar-refractivity contribution in [1.29, 1.82) is 0 Å². The van der Waals surface area contributed by atoms with Crippen LogP contribution < -0.4 is 5.73 Å². The summed E-state index contributed by atoms with van der Waals surface area (Å²) in [7, 11) is 0. The zero-order valence-electron chi connectivity index (χ0n) is 11.7. The van der Waals surface area contributed by atoms with Gasteiger partial charge in [0.15, 0.2) is 0 Å². The number of esters is 1. The van der Waals surface area contributed by atoms with E-state index in [1.165, 1.54) is 6.08 Å². The number of rotatable bonds is 2. The number of carbonyl (C=O) groups is 1. The minimum atomic E-state index is -0.464. The quantitative estimate of drug-likeness (QED) is 0.496. The highest BCUT2D eigenvalue weighted by molar-refractivity contribution is 5.87. The second-order valence-electron chi connectivity index (χ2n) is 5.44. The van der Waals surface area contributed by atoms with Crippen molar-refractivity contribution in [1.82, 2.24) is 0 Å². The van der Waals surface area contributed by atoms with Gasteiger partial charge in [-0.3, -0.25) is 0 Å². The van der Waals surface area contributed by atoms with Crippen LogP contribution in [0.3, 0.4) is 0 Å². The minimum Gasteiger partial charge on any atom is -0.457 e. The lowest BCUT2D eigenvalue weighted by Gasteiger charge is -2.17. The summed E-state index contributed by atoms with van der Waals surface area (Å²) < 4.78 is 5.19.